The van der Waals surface area contributed by atoms with Gasteiger partial charge in [-0.15, -0.1) is 11.3 Å². The van der Waals surface area contributed by atoms with Gasteiger partial charge in [-0.1, -0.05) is 0 Å². The van der Waals surface area contributed by atoms with Crippen molar-refractivity contribution in [3.63, 3.8) is 0 Å². The quantitative estimate of drug-likeness (QED) is 0.215. The van der Waals surface area contributed by atoms with Crippen molar-refractivity contribution in [3.8, 4) is 17.5 Å². The zero-order valence-corrected chi connectivity index (χ0v) is 21.7. The van der Waals surface area contributed by atoms with Crippen LogP contribution in [0.25, 0.3) is 11.5 Å². The summed E-state index contributed by atoms with van der Waals surface area (Å²) in [7, 11) is 0. The minimum atomic E-state index is -4.59. The Morgan fingerprint density at radius 2 is 1.88 bits per heavy atom. The molecule has 3 N–H and O–H groups in total. The number of Topliss-reactive ketones (excluding diaryl/α,β-unsaturated/α-hetero) is 1. The Hall–Kier alpha value is -4.16. The molecule has 212 valence electrons. The second-order valence-electron chi connectivity index (χ2n) is 8.74. The maximum atomic E-state index is 13.8. The highest BCUT2D eigenvalue weighted by molar-refractivity contribution is 7.11. The summed E-state index contributed by atoms with van der Waals surface area (Å²) in [4.78, 5) is 46.4. The number of alkyl halides is 3. The number of thiazole rings is 1. The maximum Gasteiger partial charge on any atom is 0.389 e. The number of oxazole rings is 1. The van der Waals surface area contributed by atoms with Gasteiger partial charge in [-0.25, -0.2) is 14.4 Å². The number of benzene rings is 1. The predicted octanol–water partition coefficient (Wildman–Crippen LogP) is 3.78. The van der Waals surface area contributed by atoms with Gasteiger partial charge in [0, 0.05) is 23.6 Å². The normalized spacial score (nSPS) is 13.6. The van der Waals surface area contributed by atoms with Crippen LogP contribution in [0, 0.1) is 17.1 Å². The van der Waals surface area contributed by atoms with Gasteiger partial charge in [-0.05, 0) is 44.4 Å². The van der Waals surface area contributed by atoms with E-state index in [1.165, 1.54) is 24.6 Å². The first kappa shape index (κ1) is 30.4. The Morgan fingerprint density at radius 3 is 2.50 bits per heavy atom. The monoisotopic (exact) mass is 581 g/mol. The van der Waals surface area contributed by atoms with Crippen molar-refractivity contribution in [2.45, 2.75) is 57.0 Å². The highest BCUT2D eigenvalue weighted by atomic mass is 32.1. The number of aliphatic hydroxyl groups excluding tert-OH is 1. The third-order valence-corrected chi connectivity index (χ3v) is 6.28. The van der Waals surface area contributed by atoms with Gasteiger partial charge in [0.25, 0.3) is 5.91 Å². The maximum absolute atomic E-state index is 13.8. The Kier molecular flexibility index (Phi) is 10.1. The van der Waals surface area contributed by atoms with E-state index in [4.69, 9.17) is 9.68 Å². The van der Waals surface area contributed by atoms with Gasteiger partial charge in [0.2, 0.25) is 23.3 Å². The number of aromatic nitrogens is 2. The van der Waals surface area contributed by atoms with Crippen molar-refractivity contribution in [2.75, 3.05) is 0 Å². The van der Waals surface area contributed by atoms with Crippen molar-refractivity contribution < 1.29 is 41.5 Å². The van der Waals surface area contributed by atoms with E-state index < -0.39 is 60.6 Å². The molecule has 2 heterocycles. The van der Waals surface area contributed by atoms with Crippen LogP contribution in [0.5, 0.6) is 0 Å². The van der Waals surface area contributed by atoms with Gasteiger partial charge in [0.05, 0.1) is 30.0 Å². The molecule has 0 bridgehead atoms. The minimum absolute atomic E-state index is 0.0126. The van der Waals surface area contributed by atoms with Gasteiger partial charge in [0.1, 0.15) is 11.9 Å². The minimum Gasteiger partial charge on any atom is -0.431 e. The molecular formula is C25H23F4N5O5S. The van der Waals surface area contributed by atoms with Crippen LogP contribution >= 0.6 is 11.3 Å². The Balaban J connectivity index is 1.79. The van der Waals surface area contributed by atoms with Crippen LogP contribution in [0.1, 0.15) is 58.5 Å². The topological polar surface area (TPSA) is 158 Å². The van der Waals surface area contributed by atoms with E-state index in [0.717, 1.165) is 29.7 Å². The zero-order valence-electron chi connectivity index (χ0n) is 20.9. The number of rotatable bonds is 12. The van der Waals surface area contributed by atoms with Crippen molar-refractivity contribution in [3.05, 3.63) is 58.1 Å². The van der Waals surface area contributed by atoms with E-state index in [1.807, 2.05) is 0 Å². The molecule has 40 heavy (non-hydrogen) atoms. The fourth-order valence-corrected chi connectivity index (χ4v) is 4.17. The summed E-state index contributed by atoms with van der Waals surface area (Å²) in [6.07, 6.45) is -5.40. The van der Waals surface area contributed by atoms with Gasteiger partial charge in [-0.3, -0.25) is 14.4 Å². The summed E-state index contributed by atoms with van der Waals surface area (Å²) >= 11 is 0.897. The highest BCUT2D eigenvalue weighted by Gasteiger charge is 2.34. The summed E-state index contributed by atoms with van der Waals surface area (Å²) in [5, 5.41) is 24.7. The fraction of sp³-hybridized carbons (Fsp3) is 0.360. The van der Waals surface area contributed by atoms with Crippen molar-refractivity contribution >= 4 is 28.9 Å². The smallest absolute Gasteiger partial charge is 0.389 e. The van der Waals surface area contributed by atoms with Crippen molar-refractivity contribution in [1.82, 2.24) is 20.6 Å². The molecule has 0 fully saturated rings. The van der Waals surface area contributed by atoms with Crippen LogP contribution in [-0.4, -0.2) is 57.0 Å². The molecule has 2 aromatic heterocycles. The number of carbonyl (C=O) groups excluding carboxylic acids is 3. The molecule has 3 rings (SSSR count). The summed E-state index contributed by atoms with van der Waals surface area (Å²) in [6, 6.07) is 2.13. The number of halogens is 4. The summed E-state index contributed by atoms with van der Waals surface area (Å²) in [6.45, 7) is 1.44. The molecule has 0 spiro atoms. The summed E-state index contributed by atoms with van der Waals surface area (Å²) in [5.41, 5.74) is 0.0636. The largest absolute Gasteiger partial charge is 0.431 e. The standard InChI is InChI=1S/C25H23F4N5O5S/c1-13(35)2-3-18(21(37)33-17(4-5-25(27,28)29)20(36)24-31-6-7-40-24)34-22(38)19-12-32-23(39-19)15-8-14(11-30)9-16(26)10-15/h6-10,12-13,17-18,35H,2-5H2,1H3,(H,33,37)(H,34,38)/t13?,17-,18-/m0/s1. The summed E-state index contributed by atoms with van der Waals surface area (Å²) in [5.74, 6) is -4.04. The van der Waals surface area contributed by atoms with Gasteiger partial charge in [-0.2, -0.15) is 18.4 Å². The number of nitriles is 1. The fourth-order valence-electron chi connectivity index (χ4n) is 3.54. The van der Waals surface area contributed by atoms with Crippen LogP contribution in [0.2, 0.25) is 0 Å². The van der Waals surface area contributed by atoms with Crippen LogP contribution in [-0.2, 0) is 4.79 Å². The molecule has 0 aliphatic heterocycles. The molecule has 3 aromatic rings. The van der Waals surface area contributed by atoms with E-state index in [9.17, 15) is 37.1 Å². The molecule has 2 amide bonds. The number of ketones is 1. The lowest BCUT2D eigenvalue weighted by Crippen LogP contribution is -2.52. The van der Waals surface area contributed by atoms with E-state index >= 15 is 0 Å². The Morgan fingerprint density at radius 1 is 1.12 bits per heavy atom. The molecule has 0 saturated heterocycles. The number of hydrogen-bond donors (Lipinski definition) is 3. The van der Waals surface area contributed by atoms with E-state index in [-0.39, 0.29) is 40.6 Å². The Labute approximate surface area is 229 Å². The number of nitrogens with one attached hydrogen (secondary N) is 2. The molecule has 3 atom stereocenters. The molecular weight excluding hydrogens is 558 g/mol. The second-order valence-corrected chi connectivity index (χ2v) is 9.63. The second kappa shape index (κ2) is 13.3. The van der Waals surface area contributed by atoms with Crippen LogP contribution in [0.15, 0.2) is 40.4 Å². The first-order valence-corrected chi connectivity index (χ1v) is 12.7. The number of aliphatic hydroxyl groups is 1. The average Bonchev–Trinajstić information content (AvgIpc) is 3.60. The van der Waals surface area contributed by atoms with Crippen LogP contribution < -0.4 is 10.6 Å². The van der Waals surface area contributed by atoms with Gasteiger partial charge >= 0.3 is 6.18 Å². The van der Waals surface area contributed by atoms with Gasteiger partial charge in [0.15, 0.2) is 5.01 Å². The first-order chi connectivity index (χ1) is 18.9. The van der Waals surface area contributed by atoms with Gasteiger partial charge < -0.3 is 20.2 Å². The number of carbonyl (C=O) groups is 3. The summed E-state index contributed by atoms with van der Waals surface area (Å²) < 4.78 is 57.9. The molecule has 0 saturated carbocycles. The SMILES string of the molecule is CC(O)CC[C@H](NC(=O)c1cnc(-c2cc(F)cc(C#N)c2)o1)C(=O)N[C@@H](CCC(F)(F)F)C(=O)c1nccs1. The zero-order chi connectivity index (χ0) is 29.4. The number of nitrogens with zero attached hydrogens (tertiary/aromatic N) is 3. The lowest BCUT2D eigenvalue weighted by Gasteiger charge is -2.23. The molecule has 0 radical (unpaired) electrons. The molecule has 1 unspecified atom stereocenters. The van der Waals surface area contributed by atoms with Crippen LogP contribution in [0.4, 0.5) is 17.6 Å². The lowest BCUT2D eigenvalue weighted by molar-refractivity contribution is -0.137. The molecule has 0 aliphatic carbocycles. The van der Waals surface area contributed by atoms with E-state index in [2.05, 4.69) is 20.6 Å². The number of amides is 2. The third-order valence-electron chi connectivity index (χ3n) is 5.49. The molecule has 1 aromatic carbocycles. The molecule has 15 heteroatoms. The van der Waals surface area contributed by atoms with Crippen molar-refractivity contribution in [2.24, 2.45) is 0 Å². The van der Waals surface area contributed by atoms with Crippen molar-refractivity contribution in [1.29, 1.82) is 5.26 Å². The third kappa shape index (κ3) is 8.68. The highest BCUT2D eigenvalue weighted by Crippen LogP contribution is 2.24. The van der Waals surface area contributed by atoms with Crippen LogP contribution in [0.3, 0.4) is 0 Å². The first-order valence-electron chi connectivity index (χ1n) is 11.8. The molecule has 10 nitrogen and oxygen atoms in total. The predicted molar refractivity (Wildman–Crippen MR) is 132 cm³/mol. The average molecular weight is 582 g/mol. The lowest BCUT2D eigenvalue weighted by atomic mass is 10.0. The van der Waals surface area contributed by atoms with E-state index in [1.54, 1.807) is 6.07 Å². The number of hydrogen-bond acceptors (Lipinski definition) is 9. The van der Waals surface area contributed by atoms with E-state index in [0.29, 0.717) is 0 Å². The Bertz CT molecular complexity index is 1380. The molecule has 0 aliphatic rings.